The van der Waals surface area contributed by atoms with Crippen LogP contribution in [0.1, 0.15) is 106 Å². The Morgan fingerprint density at radius 2 is 1.66 bits per heavy atom. The summed E-state index contributed by atoms with van der Waals surface area (Å²) in [5.41, 5.74) is 1.56. The highest BCUT2D eigenvalue weighted by molar-refractivity contribution is 5.78. The molecule has 8 heteroatoms. The Labute approximate surface area is 285 Å². The third kappa shape index (κ3) is 4.82. The number of fused-ring (bicyclic) bond motifs is 4. The molecule has 12 atom stereocenters. The van der Waals surface area contributed by atoms with Gasteiger partial charge in [-0.3, -0.25) is 4.79 Å². The number of nitrogens with zero attached hydrogens (tertiary/aromatic N) is 3. The molecule has 2 spiro atoms. The number of ether oxygens (including phenoxy) is 3. The van der Waals surface area contributed by atoms with E-state index in [1.807, 2.05) is 44.8 Å². The molecular formula is C39H65N3O5. The molecule has 0 bridgehead atoms. The average molecular weight is 656 g/mol. The fourth-order valence-electron chi connectivity index (χ4n) is 13.9. The number of carbonyl (C=O) groups is 2. The van der Waals surface area contributed by atoms with Crippen molar-refractivity contribution in [3.63, 3.8) is 0 Å². The molecule has 3 amide bonds. The Bertz CT molecular complexity index is 1250. The van der Waals surface area contributed by atoms with Gasteiger partial charge >= 0.3 is 6.03 Å². The van der Waals surface area contributed by atoms with Crippen molar-refractivity contribution in [1.29, 1.82) is 0 Å². The molecular weight excluding hydrogens is 590 g/mol. The summed E-state index contributed by atoms with van der Waals surface area (Å²) in [4.78, 5) is 30.9. The van der Waals surface area contributed by atoms with E-state index in [4.69, 9.17) is 14.2 Å². The number of hydrogen-bond acceptors (Lipinski definition) is 5. The van der Waals surface area contributed by atoms with E-state index in [0.717, 1.165) is 18.8 Å². The molecule has 266 valence electrons. The van der Waals surface area contributed by atoms with Gasteiger partial charge in [0.2, 0.25) is 5.91 Å². The Kier molecular flexibility index (Phi) is 8.21. The van der Waals surface area contributed by atoms with E-state index >= 15 is 0 Å². The van der Waals surface area contributed by atoms with Gasteiger partial charge in [0.1, 0.15) is 0 Å². The smallest absolute Gasteiger partial charge is 0.319 e. The van der Waals surface area contributed by atoms with Gasteiger partial charge in [-0.15, -0.1) is 0 Å². The predicted octanol–water partition coefficient (Wildman–Crippen LogP) is 6.67. The van der Waals surface area contributed by atoms with E-state index in [1.54, 1.807) is 4.90 Å². The van der Waals surface area contributed by atoms with Crippen molar-refractivity contribution in [1.82, 2.24) is 14.7 Å². The van der Waals surface area contributed by atoms with Crippen LogP contribution >= 0.6 is 0 Å². The molecule has 2 saturated heterocycles. The van der Waals surface area contributed by atoms with E-state index in [1.165, 1.54) is 44.9 Å². The zero-order chi connectivity index (χ0) is 33.9. The first kappa shape index (κ1) is 34.1. The van der Waals surface area contributed by atoms with Gasteiger partial charge in [0.25, 0.3) is 0 Å². The average Bonchev–Trinajstić information content (AvgIpc) is 3.60. The number of urea groups is 1. The minimum atomic E-state index is -0.322. The van der Waals surface area contributed by atoms with E-state index < -0.39 is 0 Å². The molecule has 7 unspecified atom stereocenters. The molecule has 47 heavy (non-hydrogen) atoms. The van der Waals surface area contributed by atoms with Crippen LogP contribution < -0.4 is 0 Å². The van der Waals surface area contributed by atoms with Gasteiger partial charge in [-0.25, -0.2) is 4.79 Å². The highest BCUT2D eigenvalue weighted by Crippen LogP contribution is 2.89. The van der Waals surface area contributed by atoms with Gasteiger partial charge in [0.15, 0.2) is 6.29 Å². The maximum Gasteiger partial charge on any atom is 0.319 e. The van der Waals surface area contributed by atoms with Crippen LogP contribution in [0.25, 0.3) is 0 Å². The third-order valence-electron chi connectivity index (χ3n) is 16.0. The normalized spacial score (nSPS) is 48.0. The van der Waals surface area contributed by atoms with Crippen LogP contribution in [0.3, 0.4) is 0 Å². The van der Waals surface area contributed by atoms with E-state index in [2.05, 4.69) is 34.6 Å². The van der Waals surface area contributed by atoms with Crippen LogP contribution in [0.5, 0.6) is 0 Å². The van der Waals surface area contributed by atoms with Crippen LogP contribution in [-0.4, -0.2) is 98.6 Å². The van der Waals surface area contributed by atoms with Crippen molar-refractivity contribution in [3.8, 4) is 0 Å². The lowest BCUT2D eigenvalue weighted by molar-refractivity contribution is -0.246. The first-order valence-electron chi connectivity index (χ1n) is 19.1. The Hall–Kier alpha value is -1.38. The molecule has 2 aliphatic heterocycles. The second kappa shape index (κ2) is 11.3. The summed E-state index contributed by atoms with van der Waals surface area (Å²) in [5, 5.41) is 0. The van der Waals surface area contributed by atoms with Crippen LogP contribution in [0.2, 0.25) is 0 Å². The minimum Gasteiger partial charge on any atom is -0.373 e. The van der Waals surface area contributed by atoms with Crippen molar-refractivity contribution >= 4 is 11.9 Å². The Morgan fingerprint density at radius 1 is 0.957 bits per heavy atom. The first-order valence-corrected chi connectivity index (χ1v) is 19.1. The lowest BCUT2D eigenvalue weighted by Gasteiger charge is -2.63. The standard InChI is InChI=1S/C39H65N3O5/c1-24(2)33(43)42-17-18-45-31(22-42)47-30-13-14-38-23-39(38)16-15-36(6)32-25(3)19-26(21-41(10)34(44)40(8)9)46-27(32)20-37(36,7)29(39)12-11-28(38)35(30,4)5/h24-32H,11-23H2,1-10H3/t25-,26?,27?,28?,29?,30+,31?,32?,36-,37+,38-,39?/m1/s1. The number of carbonyl (C=O) groups excluding carboxylic acids is 2. The number of amides is 3. The van der Waals surface area contributed by atoms with Crippen LogP contribution in [0, 0.1) is 56.7 Å². The molecule has 5 saturated carbocycles. The zero-order valence-electron chi connectivity index (χ0n) is 31.3. The molecule has 0 radical (unpaired) electrons. The van der Waals surface area contributed by atoms with Gasteiger partial charge < -0.3 is 28.9 Å². The second-order valence-electron chi connectivity index (χ2n) is 19.0. The van der Waals surface area contributed by atoms with Crippen molar-refractivity contribution < 1.29 is 23.8 Å². The van der Waals surface area contributed by atoms with Crippen molar-refractivity contribution in [3.05, 3.63) is 0 Å². The molecule has 0 aromatic heterocycles. The monoisotopic (exact) mass is 655 g/mol. The molecule has 7 rings (SSSR count). The largest absolute Gasteiger partial charge is 0.373 e. The molecule has 7 aliphatic rings. The molecule has 5 aliphatic carbocycles. The second-order valence-corrected chi connectivity index (χ2v) is 19.0. The Morgan fingerprint density at radius 3 is 2.36 bits per heavy atom. The van der Waals surface area contributed by atoms with E-state index in [-0.39, 0.29) is 47.2 Å². The zero-order valence-corrected chi connectivity index (χ0v) is 31.3. The van der Waals surface area contributed by atoms with Gasteiger partial charge in [-0.05, 0) is 109 Å². The SMILES string of the molecule is CC(C)C(=O)N1CCOC(O[C@H]2CC[C@]34CC35CC[C@]3(C)C6C(C[C@@]3(C)C5CCC4C2(C)C)OC(CN(C)C(=O)N(C)C)C[C@H]6C)C1. The van der Waals surface area contributed by atoms with Gasteiger partial charge in [-0.2, -0.15) is 0 Å². The highest BCUT2D eigenvalue weighted by atomic mass is 16.7. The van der Waals surface area contributed by atoms with Crippen molar-refractivity contribution in [2.24, 2.45) is 56.7 Å². The maximum absolute atomic E-state index is 12.8. The summed E-state index contributed by atoms with van der Waals surface area (Å²) < 4.78 is 20.0. The minimum absolute atomic E-state index is 0.000608. The first-order chi connectivity index (χ1) is 22.0. The molecule has 0 aromatic rings. The number of rotatable bonds is 5. The fourth-order valence-corrected chi connectivity index (χ4v) is 13.9. The predicted molar refractivity (Wildman–Crippen MR) is 182 cm³/mol. The highest BCUT2D eigenvalue weighted by Gasteiger charge is 2.83. The van der Waals surface area contributed by atoms with Crippen LogP contribution in [0.4, 0.5) is 4.79 Å². The summed E-state index contributed by atoms with van der Waals surface area (Å²) >= 11 is 0. The van der Waals surface area contributed by atoms with Gasteiger partial charge in [0.05, 0.1) is 31.5 Å². The Balaban J connectivity index is 1.07. The summed E-state index contributed by atoms with van der Waals surface area (Å²) in [6, 6.07) is 0.0534. The van der Waals surface area contributed by atoms with E-state index in [0.29, 0.717) is 66.3 Å². The van der Waals surface area contributed by atoms with Crippen LogP contribution in [-0.2, 0) is 19.0 Å². The lowest BCUT2D eigenvalue weighted by Crippen LogP contribution is -2.59. The molecule has 2 heterocycles. The molecule has 0 N–H and O–H groups in total. The number of likely N-dealkylation sites (N-methyl/N-ethyl adjacent to an activating group) is 1. The molecule has 7 fully saturated rings. The van der Waals surface area contributed by atoms with E-state index in [9.17, 15) is 9.59 Å². The number of hydrogen-bond donors (Lipinski definition) is 0. The summed E-state index contributed by atoms with van der Waals surface area (Å²) in [6.07, 6.45) is 11.5. The summed E-state index contributed by atoms with van der Waals surface area (Å²) in [7, 11) is 5.57. The third-order valence-corrected chi connectivity index (χ3v) is 16.0. The maximum atomic E-state index is 12.8. The fraction of sp³-hybridized carbons (Fsp3) is 0.949. The lowest BCUT2D eigenvalue weighted by atomic mass is 9.41. The van der Waals surface area contributed by atoms with Crippen molar-refractivity contribution in [2.75, 3.05) is 47.4 Å². The summed E-state index contributed by atoms with van der Waals surface area (Å²) in [5.74, 6) is 2.83. The molecule has 0 aromatic carbocycles. The van der Waals surface area contributed by atoms with Crippen molar-refractivity contribution in [2.45, 2.75) is 131 Å². The van der Waals surface area contributed by atoms with Gasteiger partial charge in [-0.1, -0.05) is 48.5 Å². The quantitative estimate of drug-likeness (QED) is 0.331. The summed E-state index contributed by atoms with van der Waals surface area (Å²) in [6.45, 7) is 19.2. The number of morpholine rings is 1. The molecule has 8 nitrogen and oxygen atoms in total. The van der Waals surface area contributed by atoms with Gasteiger partial charge in [0, 0.05) is 40.2 Å². The van der Waals surface area contributed by atoms with Crippen LogP contribution in [0.15, 0.2) is 0 Å². The topological polar surface area (TPSA) is 71.5 Å².